The van der Waals surface area contributed by atoms with Crippen molar-refractivity contribution >= 4 is 22.9 Å². The predicted molar refractivity (Wildman–Crippen MR) is 76.5 cm³/mol. The summed E-state index contributed by atoms with van der Waals surface area (Å²) >= 11 is 7.67. The molecule has 0 aliphatic rings. The summed E-state index contributed by atoms with van der Waals surface area (Å²) in [6.07, 6.45) is 0. The maximum absolute atomic E-state index is 6.04. The smallest absolute Gasteiger partial charge is 0.128 e. The van der Waals surface area contributed by atoms with Gasteiger partial charge in [-0.3, -0.25) is 0 Å². The third-order valence-corrected chi connectivity index (χ3v) is 3.48. The monoisotopic (exact) mass is 282 g/mol. The molecule has 0 aliphatic heterocycles. The van der Waals surface area contributed by atoms with E-state index in [2.05, 4.69) is 10.3 Å². The molecule has 0 fully saturated rings. The number of benzene rings is 1. The molecule has 0 saturated carbocycles. The Balaban J connectivity index is 2.37. The van der Waals surface area contributed by atoms with Crippen LogP contribution in [0.1, 0.15) is 11.9 Å². The number of aromatic nitrogens is 1. The Bertz CT molecular complexity index is 527. The van der Waals surface area contributed by atoms with Gasteiger partial charge in [-0.1, -0.05) is 11.6 Å². The minimum Gasteiger partial charge on any atom is -0.493 e. The van der Waals surface area contributed by atoms with Crippen LogP contribution in [-0.2, 0) is 6.54 Å². The van der Waals surface area contributed by atoms with E-state index in [-0.39, 0.29) is 0 Å². The molecule has 96 valence electrons. The van der Waals surface area contributed by atoms with Crippen molar-refractivity contribution in [2.45, 2.75) is 13.5 Å². The standard InChI is InChI=1S/C13H15ClN2OS/c1-3-17-12-5-4-9(14)6-10(12)11-8-18-13(16-11)7-15-2/h4-6,8,15H,3,7H2,1-2H3. The summed E-state index contributed by atoms with van der Waals surface area (Å²) in [4.78, 5) is 4.57. The Labute approximate surface area is 116 Å². The minimum absolute atomic E-state index is 0.627. The van der Waals surface area contributed by atoms with Gasteiger partial charge in [-0.05, 0) is 32.2 Å². The molecule has 0 saturated heterocycles. The molecule has 1 N–H and O–H groups in total. The second-order valence-corrected chi connectivity index (χ2v) is 5.11. The third-order valence-electron chi connectivity index (χ3n) is 2.40. The molecule has 1 heterocycles. The van der Waals surface area contributed by atoms with Crippen molar-refractivity contribution in [2.75, 3.05) is 13.7 Å². The van der Waals surface area contributed by atoms with Crippen LogP contribution in [0.25, 0.3) is 11.3 Å². The van der Waals surface area contributed by atoms with E-state index in [1.165, 1.54) is 0 Å². The lowest BCUT2D eigenvalue weighted by Crippen LogP contribution is -2.04. The van der Waals surface area contributed by atoms with E-state index in [1.54, 1.807) is 11.3 Å². The first-order valence-electron chi connectivity index (χ1n) is 5.76. The second kappa shape index (κ2) is 6.18. The molecule has 3 nitrogen and oxygen atoms in total. The zero-order valence-electron chi connectivity index (χ0n) is 10.4. The van der Waals surface area contributed by atoms with Gasteiger partial charge in [0.05, 0.1) is 12.3 Å². The van der Waals surface area contributed by atoms with Gasteiger partial charge in [0.25, 0.3) is 0 Å². The molecular formula is C13H15ClN2OS. The molecule has 0 aliphatic carbocycles. The highest BCUT2D eigenvalue weighted by Gasteiger charge is 2.10. The van der Waals surface area contributed by atoms with Crippen molar-refractivity contribution in [3.05, 3.63) is 33.6 Å². The number of thiazole rings is 1. The van der Waals surface area contributed by atoms with E-state index in [0.29, 0.717) is 11.6 Å². The Morgan fingerprint density at radius 2 is 2.28 bits per heavy atom. The molecule has 0 spiro atoms. The van der Waals surface area contributed by atoms with Crippen molar-refractivity contribution in [2.24, 2.45) is 0 Å². The van der Waals surface area contributed by atoms with Gasteiger partial charge in [0.1, 0.15) is 10.8 Å². The Kier molecular flexibility index (Phi) is 4.58. The first-order chi connectivity index (χ1) is 8.74. The fourth-order valence-electron chi connectivity index (χ4n) is 1.65. The average Bonchev–Trinajstić information content (AvgIpc) is 2.81. The van der Waals surface area contributed by atoms with Crippen LogP contribution < -0.4 is 10.1 Å². The van der Waals surface area contributed by atoms with E-state index in [9.17, 15) is 0 Å². The van der Waals surface area contributed by atoms with Crippen LogP contribution in [0.4, 0.5) is 0 Å². The molecule has 5 heteroatoms. The van der Waals surface area contributed by atoms with E-state index in [1.807, 2.05) is 37.6 Å². The van der Waals surface area contributed by atoms with Gasteiger partial charge in [0.15, 0.2) is 0 Å². The topological polar surface area (TPSA) is 34.1 Å². The van der Waals surface area contributed by atoms with Crippen molar-refractivity contribution in [1.29, 1.82) is 0 Å². The molecule has 0 amide bonds. The van der Waals surface area contributed by atoms with Gasteiger partial charge in [-0.15, -0.1) is 11.3 Å². The van der Waals surface area contributed by atoms with Crippen LogP contribution >= 0.6 is 22.9 Å². The molecule has 0 bridgehead atoms. The summed E-state index contributed by atoms with van der Waals surface area (Å²) in [6.45, 7) is 3.36. The number of ether oxygens (including phenoxy) is 1. The second-order valence-electron chi connectivity index (χ2n) is 3.73. The predicted octanol–water partition coefficient (Wildman–Crippen LogP) is 3.58. The van der Waals surface area contributed by atoms with Gasteiger partial charge < -0.3 is 10.1 Å². The maximum Gasteiger partial charge on any atom is 0.128 e. The summed E-state index contributed by atoms with van der Waals surface area (Å²) in [5.74, 6) is 0.822. The van der Waals surface area contributed by atoms with Gasteiger partial charge in [-0.25, -0.2) is 4.98 Å². The average molecular weight is 283 g/mol. The quantitative estimate of drug-likeness (QED) is 0.910. The Hall–Kier alpha value is -1.10. The molecule has 2 rings (SSSR count). The first-order valence-corrected chi connectivity index (χ1v) is 7.02. The Morgan fingerprint density at radius 1 is 1.44 bits per heavy atom. The van der Waals surface area contributed by atoms with Gasteiger partial charge in [0.2, 0.25) is 0 Å². The fraction of sp³-hybridized carbons (Fsp3) is 0.308. The number of halogens is 1. The highest BCUT2D eigenvalue weighted by Crippen LogP contribution is 2.33. The largest absolute Gasteiger partial charge is 0.493 e. The molecule has 18 heavy (non-hydrogen) atoms. The molecule has 1 aromatic carbocycles. The molecule has 2 aromatic rings. The van der Waals surface area contributed by atoms with Crippen LogP contribution in [-0.4, -0.2) is 18.6 Å². The minimum atomic E-state index is 0.627. The van der Waals surface area contributed by atoms with Crippen LogP contribution in [0.2, 0.25) is 5.02 Å². The third kappa shape index (κ3) is 3.02. The zero-order chi connectivity index (χ0) is 13.0. The summed E-state index contributed by atoms with van der Waals surface area (Å²) in [5, 5.41) is 6.86. The molecular weight excluding hydrogens is 268 g/mol. The number of hydrogen-bond donors (Lipinski definition) is 1. The van der Waals surface area contributed by atoms with E-state index in [4.69, 9.17) is 16.3 Å². The normalized spacial score (nSPS) is 10.6. The highest BCUT2D eigenvalue weighted by atomic mass is 35.5. The first kappa shape index (κ1) is 13.3. The van der Waals surface area contributed by atoms with Crippen LogP contribution in [0.5, 0.6) is 5.75 Å². The van der Waals surface area contributed by atoms with Crippen molar-refractivity contribution in [3.8, 4) is 17.0 Å². The number of nitrogens with zero attached hydrogens (tertiary/aromatic N) is 1. The van der Waals surface area contributed by atoms with Crippen LogP contribution in [0.3, 0.4) is 0 Å². The molecule has 0 radical (unpaired) electrons. The number of hydrogen-bond acceptors (Lipinski definition) is 4. The summed E-state index contributed by atoms with van der Waals surface area (Å²) in [6, 6.07) is 5.61. The van der Waals surface area contributed by atoms with Gasteiger partial charge in [-0.2, -0.15) is 0 Å². The highest BCUT2D eigenvalue weighted by molar-refractivity contribution is 7.09. The molecule has 0 atom stereocenters. The SMILES string of the molecule is CCOc1ccc(Cl)cc1-c1csc(CNC)n1. The number of nitrogens with one attached hydrogen (secondary N) is 1. The molecule has 1 aromatic heterocycles. The van der Waals surface area contributed by atoms with E-state index < -0.39 is 0 Å². The zero-order valence-corrected chi connectivity index (χ0v) is 11.9. The van der Waals surface area contributed by atoms with Crippen molar-refractivity contribution < 1.29 is 4.74 Å². The fourth-order valence-corrected chi connectivity index (χ4v) is 2.63. The lowest BCUT2D eigenvalue weighted by Gasteiger charge is -2.08. The summed E-state index contributed by atoms with van der Waals surface area (Å²) in [7, 11) is 1.91. The Morgan fingerprint density at radius 3 is 3.00 bits per heavy atom. The van der Waals surface area contributed by atoms with Crippen molar-refractivity contribution in [1.82, 2.24) is 10.3 Å². The van der Waals surface area contributed by atoms with Crippen LogP contribution in [0, 0.1) is 0 Å². The van der Waals surface area contributed by atoms with Gasteiger partial charge >= 0.3 is 0 Å². The summed E-state index contributed by atoms with van der Waals surface area (Å²) < 4.78 is 5.61. The van der Waals surface area contributed by atoms with Gasteiger partial charge in [0, 0.05) is 22.5 Å². The van der Waals surface area contributed by atoms with Crippen LogP contribution in [0.15, 0.2) is 23.6 Å². The number of rotatable bonds is 5. The van der Waals surface area contributed by atoms with E-state index in [0.717, 1.165) is 28.6 Å². The van der Waals surface area contributed by atoms with E-state index >= 15 is 0 Å². The lowest BCUT2D eigenvalue weighted by molar-refractivity contribution is 0.341. The van der Waals surface area contributed by atoms with Crippen molar-refractivity contribution in [3.63, 3.8) is 0 Å². The maximum atomic E-state index is 6.04. The summed E-state index contributed by atoms with van der Waals surface area (Å²) in [5.41, 5.74) is 1.86. The molecule has 0 unspecified atom stereocenters. The lowest BCUT2D eigenvalue weighted by atomic mass is 10.1.